The van der Waals surface area contributed by atoms with Crippen molar-refractivity contribution < 1.29 is 5.11 Å². The van der Waals surface area contributed by atoms with Crippen molar-refractivity contribution in [3.8, 4) is 5.75 Å². The first-order chi connectivity index (χ1) is 6.75. The smallest absolute Gasteiger partial charge is 0.115 e. The third-order valence-corrected chi connectivity index (χ3v) is 2.73. The van der Waals surface area contributed by atoms with Crippen molar-refractivity contribution in [2.75, 3.05) is 6.54 Å². The van der Waals surface area contributed by atoms with Gasteiger partial charge in [0.15, 0.2) is 0 Å². The van der Waals surface area contributed by atoms with E-state index in [0.717, 1.165) is 12.6 Å². The molecule has 0 bridgehead atoms. The molecule has 1 atom stereocenters. The van der Waals surface area contributed by atoms with Crippen LogP contribution in [0.25, 0.3) is 0 Å². The molecule has 3 heteroatoms. The Labute approximate surface area is 97.1 Å². The minimum Gasteiger partial charge on any atom is -0.508 e. The Hall–Kier alpha value is -0.730. The highest BCUT2D eigenvalue weighted by atomic mass is 35.5. The number of nitrogens with one attached hydrogen (secondary N) is 1. The topological polar surface area (TPSA) is 32.3 Å². The van der Waals surface area contributed by atoms with Crippen LogP contribution in [0.3, 0.4) is 0 Å². The standard InChI is InChI=1S/C12H17NO.ClH/c1-9(8-13-11-5-6-11)10-3-2-4-12(14)7-10;/h2-4,7,9,11,13-14H,5-6,8H2,1H3;1H. The van der Waals surface area contributed by atoms with Gasteiger partial charge < -0.3 is 10.4 Å². The summed E-state index contributed by atoms with van der Waals surface area (Å²) < 4.78 is 0. The predicted molar refractivity (Wildman–Crippen MR) is 64.8 cm³/mol. The van der Waals surface area contributed by atoms with Crippen LogP contribution in [0.1, 0.15) is 31.2 Å². The van der Waals surface area contributed by atoms with Gasteiger partial charge in [-0.1, -0.05) is 19.1 Å². The average molecular weight is 228 g/mol. The number of aromatic hydroxyl groups is 1. The van der Waals surface area contributed by atoms with Gasteiger partial charge in [0.1, 0.15) is 5.75 Å². The summed E-state index contributed by atoms with van der Waals surface area (Å²) in [6.45, 7) is 3.19. The van der Waals surface area contributed by atoms with E-state index in [1.54, 1.807) is 6.07 Å². The van der Waals surface area contributed by atoms with Gasteiger partial charge >= 0.3 is 0 Å². The lowest BCUT2D eigenvalue weighted by Crippen LogP contribution is -2.21. The Morgan fingerprint density at radius 3 is 2.80 bits per heavy atom. The molecule has 0 radical (unpaired) electrons. The Morgan fingerprint density at radius 2 is 2.20 bits per heavy atom. The Morgan fingerprint density at radius 1 is 1.47 bits per heavy atom. The third-order valence-electron chi connectivity index (χ3n) is 2.73. The van der Waals surface area contributed by atoms with Crippen LogP contribution in [0.2, 0.25) is 0 Å². The normalized spacial score (nSPS) is 16.9. The van der Waals surface area contributed by atoms with Crippen LogP contribution in [0.4, 0.5) is 0 Å². The molecule has 1 saturated carbocycles. The van der Waals surface area contributed by atoms with Crippen molar-refractivity contribution >= 4 is 12.4 Å². The maximum Gasteiger partial charge on any atom is 0.115 e. The summed E-state index contributed by atoms with van der Waals surface area (Å²) in [5.74, 6) is 0.837. The molecule has 2 nitrogen and oxygen atoms in total. The largest absolute Gasteiger partial charge is 0.508 e. The van der Waals surface area contributed by atoms with Gasteiger partial charge in [-0.2, -0.15) is 0 Å². The number of benzene rings is 1. The molecule has 1 aromatic rings. The molecule has 15 heavy (non-hydrogen) atoms. The lowest BCUT2D eigenvalue weighted by atomic mass is 10.0. The highest BCUT2D eigenvalue weighted by Gasteiger charge is 2.21. The Bertz CT molecular complexity index is 312. The van der Waals surface area contributed by atoms with Crippen LogP contribution in [-0.2, 0) is 0 Å². The van der Waals surface area contributed by atoms with Gasteiger partial charge in [-0.05, 0) is 36.5 Å². The minimum atomic E-state index is 0. The monoisotopic (exact) mass is 227 g/mol. The van der Waals surface area contributed by atoms with Crippen molar-refractivity contribution in [2.45, 2.75) is 31.7 Å². The number of halogens is 1. The first kappa shape index (κ1) is 12.3. The van der Waals surface area contributed by atoms with E-state index in [9.17, 15) is 5.11 Å². The molecular formula is C12H18ClNO. The molecule has 2 N–H and O–H groups in total. The first-order valence-corrected chi connectivity index (χ1v) is 5.28. The Balaban J connectivity index is 0.00000112. The van der Waals surface area contributed by atoms with E-state index in [-0.39, 0.29) is 12.4 Å². The lowest BCUT2D eigenvalue weighted by Gasteiger charge is -2.12. The molecule has 0 spiro atoms. The average Bonchev–Trinajstić information content (AvgIpc) is 2.97. The predicted octanol–water partition coefficient (Wildman–Crippen LogP) is 2.67. The number of hydrogen-bond acceptors (Lipinski definition) is 2. The van der Waals surface area contributed by atoms with E-state index in [1.165, 1.54) is 18.4 Å². The third kappa shape index (κ3) is 3.73. The second kappa shape index (κ2) is 5.38. The van der Waals surface area contributed by atoms with Gasteiger partial charge in [-0.15, -0.1) is 12.4 Å². The number of hydrogen-bond donors (Lipinski definition) is 2. The molecule has 0 heterocycles. The second-order valence-corrected chi connectivity index (χ2v) is 4.18. The van der Waals surface area contributed by atoms with Gasteiger partial charge in [-0.25, -0.2) is 0 Å². The fraction of sp³-hybridized carbons (Fsp3) is 0.500. The van der Waals surface area contributed by atoms with E-state index in [1.807, 2.05) is 12.1 Å². The zero-order valence-electron chi connectivity index (χ0n) is 8.94. The van der Waals surface area contributed by atoms with E-state index in [4.69, 9.17) is 0 Å². The number of rotatable bonds is 4. The maximum atomic E-state index is 9.33. The quantitative estimate of drug-likeness (QED) is 0.829. The van der Waals surface area contributed by atoms with Gasteiger partial charge in [0.05, 0.1) is 0 Å². The zero-order chi connectivity index (χ0) is 9.97. The van der Waals surface area contributed by atoms with E-state index < -0.39 is 0 Å². The molecule has 2 rings (SSSR count). The molecule has 0 saturated heterocycles. The van der Waals surface area contributed by atoms with Crippen molar-refractivity contribution in [1.29, 1.82) is 0 Å². The molecular weight excluding hydrogens is 210 g/mol. The van der Waals surface area contributed by atoms with Crippen LogP contribution in [0.5, 0.6) is 5.75 Å². The molecule has 1 aliphatic rings. The molecule has 0 aliphatic heterocycles. The highest BCUT2D eigenvalue weighted by molar-refractivity contribution is 5.85. The summed E-state index contributed by atoms with van der Waals surface area (Å²) in [6.07, 6.45) is 2.65. The fourth-order valence-electron chi connectivity index (χ4n) is 1.58. The van der Waals surface area contributed by atoms with Crippen LogP contribution in [0.15, 0.2) is 24.3 Å². The van der Waals surface area contributed by atoms with Crippen molar-refractivity contribution in [3.05, 3.63) is 29.8 Å². The minimum absolute atomic E-state index is 0. The second-order valence-electron chi connectivity index (χ2n) is 4.18. The lowest BCUT2D eigenvalue weighted by molar-refractivity contribution is 0.473. The highest BCUT2D eigenvalue weighted by Crippen LogP contribution is 2.22. The summed E-state index contributed by atoms with van der Waals surface area (Å²) >= 11 is 0. The van der Waals surface area contributed by atoms with Crippen molar-refractivity contribution in [1.82, 2.24) is 5.32 Å². The summed E-state index contributed by atoms with van der Waals surface area (Å²) in [4.78, 5) is 0. The van der Waals surface area contributed by atoms with Gasteiger partial charge in [-0.3, -0.25) is 0 Å². The number of phenolic OH excluding ortho intramolecular Hbond substituents is 1. The van der Waals surface area contributed by atoms with Crippen LogP contribution in [0, 0.1) is 0 Å². The van der Waals surface area contributed by atoms with Crippen LogP contribution < -0.4 is 5.32 Å². The molecule has 1 unspecified atom stereocenters. The molecule has 1 aliphatic carbocycles. The first-order valence-electron chi connectivity index (χ1n) is 5.28. The van der Waals surface area contributed by atoms with Crippen molar-refractivity contribution in [3.63, 3.8) is 0 Å². The van der Waals surface area contributed by atoms with E-state index >= 15 is 0 Å². The molecule has 1 aromatic carbocycles. The SMILES string of the molecule is CC(CNC1CC1)c1cccc(O)c1.Cl. The number of phenols is 1. The van der Waals surface area contributed by atoms with Gasteiger partial charge in [0.2, 0.25) is 0 Å². The summed E-state index contributed by atoms with van der Waals surface area (Å²) in [6, 6.07) is 8.29. The fourth-order valence-corrected chi connectivity index (χ4v) is 1.58. The van der Waals surface area contributed by atoms with Gasteiger partial charge in [0.25, 0.3) is 0 Å². The Kier molecular flexibility index (Phi) is 4.43. The van der Waals surface area contributed by atoms with Crippen molar-refractivity contribution in [2.24, 2.45) is 0 Å². The summed E-state index contributed by atoms with van der Waals surface area (Å²) in [7, 11) is 0. The molecule has 0 aromatic heterocycles. The molecule has 84 valence electrons. The zero-order valence-corrected chi connectivity index (χ0v) is 9.76. The van der Waals surface area contributed by atoms with Crippen LogP contribution >= 0.6 is 12.4 Å². The van der Waals surface area contributed by atoms with E-state index in [0.29, 0.717) is 11.7 Å². The van der Waals surface area contributed by atoms with E-state index in [2.05, 4.69) is 18.3 Å². The summed E-state index contributed by atoms with van der Waals surface area (Å²) in [5, 5.41) is 12.8. The summed E-state index contributed by atoms with van der Waals surface area (Å²) in [5.41, 5.74) is 1.21. The van der Waals surface area contributed by atoms with Crippen LogP contribution in [-0.4, -0.2) is 17.7 Å². The molecule has 0 amide bonds. The molecule has 1 fully saturated rings. The van der Waals surface area contributed by atoms with Gasteiger partial charge in [0, 0.05) is 12.6 Å². The maximum absolute atomic E-state index is 9.33.